The number of nitrogens with one attached hydrogen (secondary N) is 1. The minimum atomic E-state index is -0.264. The molecule has 7 heteroatoms. The summed E-state index contributed by atoms with van der Waals surface area (Å²) < 4.78 is 5.52. The monoisotopic (exact) mass is 387 g/mol. The minimum absolute atomic E-state index is 0.0309. The van der Waals surface area contributed by atoms with Gasteiger partial charge in [0.2, 0.25) is 0 Å². The molecule has 1 heterocycles. The van der Waals surface area contributed by atoms with Crippen LogP contribution in [0.5, 0.6) is 5.75 Å². The van der Waals surface area contributed by atoms with Gasteiger partial charge in [0.15, 0.2) is 6.61 Å². The Labute approximate surface area is 163 Å². The van der Waals surface area contributed by atoms with Gasteiger partial charge in [0.25, 0.3) is 11.8 Å². The van der Waals surface area contributed by atoms with Gasteiger partial charge < -0.3 is 19.9 Å². The molecule has 0 saturated heterocycles. The number of fused-ring (bicyclic) bond motifs is 1. The summed E-state index contributed by atoms with van der Waals surface area (Å²) in [5.41, 5.74) is 1.74. The fraction of sp³-hybridized carbons (Fsp3) is 0.300. The van der Waals surface area contributed by atoms with Gasteiger partial charge in [-0.05, 0) is 63.5 Å². The summed E-state index contributed by atoms with van der Waals surface area (Å²) in [6.45, 7) is 1.51. The number of carbonyl (C=O) groups is 2. The minimum Gasteiger partial charge on any atom is -0.482 e. The summed E-state index contributed by atoms with van der Waals surface area (Å²) in [5.74, 6) is 0.291. The Morgan fingerprint density at radius 1 is 1.26 bits per heavy atom. The van der Waals surface area contributed by atoms with Crippen molar-refractivity contribution in [1.82, 2.24) is 4.90 Å². The van der Waals surface area contributed by atoms with E-state index in [4.69, 9.17) is 16.3 Å². The third-order valence-electron chi connectivity index (χ3n) is 4.23. The molecule has 0 saturated carbocycles. The Bertz CT molecular complexity index is 854. The van der Waals surface area contributed by atoms with Gasteiger partial charge in [-0.2, -0.15) is 0 Å². The molecule has 3 rings (SSSR count). The van der Waals surface area contributed by atoms with Crippen molar-refractivity contribution < 1.29 is 14.3 Å². The number of ether oxygens (including phenoxy) is 1. The van der Waals surface area contributed by atoms with Gasteiger partial charge >= 0.3 is 0 Å². The molecule has 6 nitrogen and oxygen atoms in total. The molecule has 2 amide bonds. The third-order valence-corrected chi connectivity index (χ3v) is 4.47. The molecule has 2 aromatic rings. The van der Waals surface area contributed by atoms with Crippen LogP contribution in [0.3, 0.4) is 0 Å². The number of benzene rings is 2. The van der Waals surface area contributed by atoms with Crippen molar-refractivity contribution in [2.75, 3.05) is 44.0 Å². The van der Waals surface area contributed by atoms with Crippen LogP contribution in [0.1, 0.15) is 16.8 Å². The summed E-state index contributed by atoms with van der Waals surface area (Å²) in [4.78, 5) is 28.5. The summed E-state index contributed by atoms with van der Waals surface area (Å²) >= 11 is 5.95. The summed E-state index contributed by atoms with van der Waals surface area (Å²) in [7, 11) is 4.00. The van der Waals surface area contributed by atoms with Gasteiger partial charge in [-0.1, -0.05) is 17.7 Å². The van der Waals surface area contributed by atoms with Crippen molar-refractivity contribution in [2.24, 2.45) is 0 Å². The Morgan fingerprint density at radius 2 is 2.07 bits per heavy atom. The molecule has 0 bridgehead atoms. The quantitative estimate of drug-likeness (QED) is 0.826. The molecule has 0 unspecified atom stereocenters. The van der Waals surface area contributed by atoms with E-state index >= 15 is 0 Å². The molecule has 1 aliphatic rings. The predicted octanol–water partition coefficient (Wildman–Crippen LogP) is 3.27. The SMILES string of the molecule is CN(C)CCCN1C(=O)COc2ccc(NC(=O)c3cccc(Cl)c3)cc21. The largest absolute Gasteiger partial charge is 0.482 e. The lowest BCUT2D eigenvalue weighted by Crippen LogP contribution is -2.40. The highest BCUT2D eigenvalue weighted by Gasteiger charge is 2.25. The summed E-state index contributed by atoms with van der Waals surface area (Å²) in [5, 5.41) is 3.35. The molecule has 142 valence electrons. The number of anilines is 2. The van der Waals surface area contributed by atoms with Crippen LogP contribution in [0.4, 0.5) is 11.4 Å². The van der Waals surface area contributed by atoms with E-state index in [2.05, 4.69) is 10.2 Å². The highest BCUT2D eigenvalue weighted by Crippen LogP contribution is 2.34. The number of nitrogens with zero attached hydrogens (tertiary/aromatic N) is 2. The molecule has 2 aromatic carbocycles. The predicted molar refractivity (Wildman–Crippen MR) is 107 cm³/mol. The van der Waals surface area contributed by atoms with Gasteiger partial charge in [0.1, 0.15) is 5.75 Å². The summed E-state index contributed by atoms with van der Waals surface area (Å²) in [6, 6.07) is 12.0. The van der Waals surface area contributed by atoms with Gasteiger partial charge in [0, 0.05) is 22.8 Å². The zero-order valence-corrected chi connectivity index (χ0v) is 16.1. The molecule has 0 fully saturated rings. The van der Waals surface area contributed by atoms with Gasteiger partial charge in [0.05, 0.1) is 5.69 Å². The number of hydrogen-bond donors (Lipinski definition) is 1. The number of halogens is 1. The maximum absolute atomic E-state index is 12.4. The first-order valence-corrected chi connectivity index (χ1v) is 9.11. The first kappa shape index (κ1) is 19.2. The number of hydrogen-bond acceptors (Lipinski definition) is 4. The fourth-order valence-electron chi connectivity index (χ4n) is 2.90. The fourth-order valence-corrected chi connectivity index (χ4v) is 3.09. The standard InChI is InChI=1S/C20H22ClN3O3/c1-23(2)9-4-10-24-17-12-16(7-8-18(17)27-13-19(24)25)22-20(26)14-5-3-6-15(21)11-14/h3,5-8,11-12H,4,9-10,13H2,1-2H3,(H,22,26). The average molecular weight is 388 g/mol. The van der Waals surface area contributed by atoms with E-state index in [9.17, 15) is 9.59 Å². The molecule has 1 N–H and O–H groups in total. The van der Waals surface area contributed by atoms with E-state index in [1.54, 1.807) is 47.4 Å². The Hall–Kier alpha value is -2.57. The van der Waals surface area contributed by atoms with Crippen molar-refractivity contribution in [3.63, 3.8) is 0 Å². The van der Waals surface area contributed by atoms with Crippen molar-refractivity contribution in [1.29, 1.82) is 0 Å². The molecule has 1 aliphatic heterocycles. The molecule has 0 aliphatic carbocycles. The maximum Gasteiger partial charge on any atom is 0.265 e. The van der Waals surface area contributed by atoms with Gasteiger partial charge in [-0.25, -0.2) is 0 Å². The lowest BCUT2D eigenvalue weighted by molar-refractivity contribution is -0.121. The van der Waals surface area contributed by atoms with Crippen LogP contribution in [0.2, 0.25) is 5.02 Å². The molecule has 0 radical (unpaired) electrons. The first-order chi connectivity index (χ1) is 12.9. The number of amides is 2. The second kappa shape index (κ2) is 8.41. The third kappa shape index (κ3) is 4.78. The van der Waals surface area contributed by atoms with Crippen molar-refractivity contribution >= 4 is 34.8 Å². The lowest BCUT2D eigenvalue weighted by atomic mass is 10.1. The van der Waals surface area contributed by atoms with E-state index in [-0.39, 0.29) is 18.4 Å². The highest BCUT2D eigenvalue weighted by molar-refractivity contribution is 6.31. The van der Waals surface area contributed by atoms with E-state index in [1.807, 2.05) is 14.1 Å². The second-order valence-electron chi connectivity index (χ2n) is 6.64. The van der Waals surface area contributed by atoms with Gasteiger partial charge in [-0.3, -0.25) is 9.59 Å². The average Bonchev–Trinajstić information content (AvgIpc) is 2.63. The van der Waals surface area contributed by atoms with Crippen molar-refractivity contribution in [2.45, 2.75) is 6.42 Å². The Kier molecular flexibility index (Phi) is 5.98. The van der Waals surface area contributed by atoms with Crippen LogP contribution in [0, 0.1) is 0 Å². The molecule has 27 heavy (non-hydrogen) atoms. The zero-order chi connectivity index (χ0) is 19.4. The normalized spacial score (nSPS) is 13.3. The Morgan fingerprint density at radius 3 is 2.81 bits per heavy atom. The zero-order valence-electron chi connectivity index (χ0n) is 15.4. The molecule has 0 atom stereocenters. The second-order valence-corrected chi connectivity index (χ2v) is 7.07. The lowest BCUT2D eigenvalue weighted by Gasteiger charge is -2.30. The topological polar surface area (TPSA) is 61.9 Å². The summed E-state index contributed by atoms with van der Waals surface area (Å²) in [6.07, 6.45) is 0.845. The van der Waals surface area contributed by atoms with E-state index in [1.165, 1.54) is 0 Å². The van der Waals surface area contributed by atoms with E-state index in [0.29, 0.717) is 34.3 Å². The smallest absolute Gasteiger partial charge is 0.265 e. The van der Waals surface area contributed by atoms with Crippen LogP contribution in [0.15, 0.2) is 42.5 Å². The van der Waals surface area contributed by atoms with Crippen LogP contribution >= 0.6 is 11.6 Å². The number of carbonyl (C=O) groups excluding carboxylic acids is 2. The number of rotatable bonds is 6. The highest BCUT2D eigenvalue weighted by atomic mass is 35.5. The molecular formula is C20H22ClN3O3. The van der Waals surface area contributed by atoms with Crippen LogP contribution in [-0.4, -0.2) is 50.5 Å². The first-order valence-electron chi connectivity index (χ1n) is 8.73. The Balaban J connectivity index is 1.78. The molecular weight excluding hydrogens is 366 g/mol. The van der Waals surface area contributed by atoms with E-state index < -0.39 is 0 Å². The van der Waals surface area contributed by atoms with Crippen molar-refractivity contribution in [3.8, 4) is 5.75 Å². The van der Waals surface area contributed by atoms with E-state index in [0.717, 1.165) is 13.0 Å². The molecule has 0 aromatic heterocycles. The van der Waals surface area contributed by atoms with Crippen LogP contribution < -0.4 is 15.0 Å². The maximum atomic E-state index is 12.4. The van der Waals surface area contributed by atoms with Crippen LogP contribution in [0.25, 0.3) is 0 Å². The van der Waals surface area contributed by atoms with Gasteiger partial charge in [-0.15, -0.1) is 0 Å². The van der Waals surface area contributed by atoms with Crippen molar-refractivity contribution in [3.05, 3.63) is 53.1 Å². The van der Waals surface area contributed by atoms with Crippen LogP contribution in [-0.2, 0) is 4.79 Å². The molecule has 0 spiro atoms.